The molecule has 0 aliphatic rings. The Labute approximate surface area is 193 Å². The number of carbonyl (C=O) groups is 1. The number of hydrogen-bond acceptors (Lipinski definition) is 6. The predicted molar refractivity (Wildman–Crippen MR) is 126 cm³/mol. The first-order valence-corrected chi connectivity index (χ1v) is 11.6. The molecule has 5 nitrogen and oxygen atoms in total. The van der Waals surface area contributed by atoms with Crippen molar-refractivity contribution in [2.24, 2.45) is 0 Å². The second kappa shape index (κ2) is 10.2. The number of nitriles is 1. The zero-order valence-corrected chi connectivity index (χ0v) is 18.4. The van der Waals surface area contributed by atoms with Crippen LogP contribution in [-0.4, -0.2) is 21.6 Å². The van der Waals surface area contributed by atoms with Crippen LogP contribution in [0.15, 0.2) is 77.1 Å². The highest BCUT2D eigenvalue weighted by Gasteiger charge is 2.11. The van der Waals surface area contributed by atoms with Crippen LogP contribution in [0.25, 0.3) is 22.5 Å². The van der Waals surface area contributed by atoms with Gasteiger partial charge in [0.25, 0.3) is 0 Å². The molecule has 1 amide bonds. The number of carbonyl (C=O) groups excluding carboxylic acids is 1. The van der Waals surface area contributed by atoms with E-state index in [1.807, 2.05) is 41.8 Å². The average molecular weight is 461 g/mol. The fourth-order valence-corrected chi connectivity index (χ4v) is 4.56. The van der Waals surface area contributed by atoms with E-state index in [1.54, 1.807) is 18.2 Å². The van der Waals surface area contributed by atoms with Gasteiger partial charge in [0.2, 0.25) is 5.91 Å². The van der Waals surface area contributed by atoms with Crippen LogP contribution in [-0.2, 0) is 4.79 Å². The molecule has 32 heavy (non-hydrogen) atoms. The SMILES string of the molecule is N#Cc1ccc(-c2ccccc2)nc1SCCC(=O)Nc1nc(-c2ccc(F)cc2)cs1. The molecule has 0 saturated heterocycles. The largest absolute Gasteiger partial charge is 0.302 e. The highest BCUT2D eigenvalue weighted by Crippen LogP contribution is 2.27. The lowest BCUT2D eigenvalue weighted by atomic mass is 10.1. The highest BCUT2D eigenvalue weighted by molar-refractivity contribution is 7.99. The first-order valence-electron chi connectivity index (χ1n) is 9.73. The summed E-state index contributed by atoms with van der Waals surface area (Å²) in [4.78, 5) is 21.3. The van der Waals surface area contributed by atoms with Crippen LogP contribution < -0.4 is 5.32 Å². The van der Waals surface area contributed by atoms with Gasteiger partial charge in [-0.2, -0.15) is 5.26 Å². The number of thiazole rings is 1. The lowest BCUT2D eigenvalue weighted by Gasteiger charge is -2.07. The van der Waals surface area contributed by atoms with Crippen LogP contribution in [0.3, 0.4) is 0 Å². The third-order valence-corrected chi connectivity index (χ3v) is 6.26. The lowest BCUT2D eigenvalue weighted by Crippen LogP contribution is -2.12. The number of nitrogens with zero attached hydrogens (tertiary/aromatic N) is 3. The summed E-state index contributed by atoms with van der Waals surface area (Å²) in [5.74, 6) is -0.00401. The van der Waals surface area contributed by atoms with Gasteiger partial charge in [-0.1, -0.05) is 30.3 Å². The minimum Gasteiger partial charge on any atom is -0.302 e. The minimum atomic E-state index is -0.307. The molecular weight excluding hydrogens is 443 g/mol. The molecule has 0 aliphatic heterocycles. The standard InChI is InChI=1S/C24H17FN4OS2/c25-19-9-6-17(7-10-19)21-15-32-24(28-21)29-22(30)12-13-31-23-18(14-26)8-11-20(27-23)16-4-2-1-3-5-16/h1-11,15H,12-13H2,(H,28,29,30). The molecule has 0 radical (unpaired) electrons. The molecule has 0 saturated carbocycles. The van der Waals surface area contributed by atoms with Gasteiger partial charge in [0.1, 0.15) is 16.9 Å². The van der Waals surface area contributed by atoms with Gasteiger partial charge in [-0.25, -0.2) is 14.4 Å². The average Bonchev–Trinajstić information content (AvgIpc) is 3.28. The van der Waals surface area contributed by atoms with Gasteiger partial charge >= 0.3 is 0 Å². The first-order chi connectivity index (χ1) is 15.6. The van der Waals surface area contributed by atoms with E-state index in [0.29, 0.717) is 27.2 Å². The monoisotopic (exact) mass is 460 g/mol. The Balaban J connectivity index is 1.35. The van der Waals surface area contributed by atoms with Crippen LogP contribution in [0, 0.1) is 17.1 Å². The van der Waals surface area contributed by atoms with Crippen molar-refractivity contribution in [1.82, 2.24) is 9.97 Å². The van der Waals surface area contributed by atoms with E-state index in [0.717, 1.165) is 16.8 Å². The summed E-state index contributed by atoms with van der Waals surface area (Å²) in [6.45, 7) is 0. The van der Waals surface area contributed by atoms with Gasteiger partial charge in [0.15, 0.2) is 5.13 Å². The molecule has 0 bridgehead atoms. The number of anilines is 1. The Kier molecular flexibility index (Phi) is 6.90. The molecule has 8 heteroatoms. The Morgan fingerprint density at radius 3 is 2.50 bits per heavy atom. The summed E-state index contributed by atoms with van der Waals surface area (Å²) in [6, 6.07) is 21.5. The van der Waals surface area contributed by atoms with E-state index in [2.05, 4.69) is 21.4 Å². The highest BCUT2D eigenvalue weighted by atomic mass is 32.2. The summed E-state index contributed by atoms with van der Waals surface area (Å²) >= 11 is 2.69. The van der Waals surface area contributed by atoms with Crippen molar-refractivity contribution in [2.45, 2.75) is 11.4 Å². The number of hydrogen-bond donors (Lipinski definition) is 1. The van der Waals surface area contributed by atoms with Crippen LogP contribution in [0.1, 0.15) is 12.0 Å². The van der Waals surface area contributed by atoms with Crippen LogP contribution in [0.2, 0.25) is 0 Å². The number of pyridine rings is 1. The summed E-state index contributed by atoms with van der Waals surface area (Å²) in [5.41, 5.74) is 3.70. The summed E-state index contributed by atoms with van der Waals surface area (Å²) < 4.78 is 13.1. The molecule has 0 unspecified atom stereocenters. The van der Waals surface area contributed by atoms with E-state index in [1.165, 1.54) is 35.2 Å². The molecule has 0 spiro atoms. The second-order valence-electron chi connectivity index (χ2n) is 6.72. The fourth-order valence-electron chi connectivity index (χ4n) is 2.91. The van der Waals surface area contributed by atoms with Crippen LogP contribution >= 0.6 is 23.1 Å². The van der Waals surface area contributed by atoms with Crippen molar-refractivity contribution in [3.63, 3.8) is 0 Å². The van der Waals surface area contributed by atoms with Crippen molar-refractivity contribution in [1.29, 1.82) is 5.26 Å². The maximum atomic E-state index is 13.1. The number of amides is 1. The lowest BCUT2D eigenvalue weighted by molar-refractivity contribution is -0.115. The van der Waals surface area contributed by atoms with Gasteiger partial charge in [0.05, 0.1) is 17.0 Å². The van der Waals surface area contributed by atoms with Crippen LogP contribution in [0.5, 0.6) is 0 Å². The second-order valence-corrected chi connectivity index (χ2v) is 8.66. The topological polar surface area (TPSA) is 78.7 Å². The van der Waals surface area contributed by atoms with E-state index < -0.39 is 0 Å². The fraction of sp³-hybridized carbons (Fsp3) is 0.0833. The van der Waals surface area contributed by atoms with Gasteiger partial charge in [-0.3, -0.25) is 4.79 Å². The Morgan fingerprint density at radius 2 is 1.75 bits per heavy atom. The maximum Gasteiger partial charge on any atom is 0.226 e. The van der Waals surface area contributed by atoms with E-state index in [9.17, 15) is 14.4 Å². The van der Waals surface area contributed by atoms with Crippen molar-refractivity contribution >= 4 is 34.1 Å². The van der Waals surface area contributed by atoms with Gasteiger partial charge in [-0.15, -0.1) is 23.1 Å². The zero-order valence-electron chi connectivity index (χ0n) is 16.8. The predicted octanol–water partition coefficient (Wildman–Crippen LogP) is 6.00. The molecule has 2 aromatic heterocycles. The Hall–Kier alpha value is -3.54. The molecule has 0 atom stereocenters. The maximum absolute atomic E-state index is 13.1. The smallest absolute Gasteiger partial charge is 0.226 e. The number of benzene rings is 2. The van der Waals surface area contributed by atoms with Crippen molar-refractivity contribution in [3.8, 4) is 28.6 Å². The quantitative estimate of drug-likeness (QED) is 0.342. The Bertz CT molecular complexity index is 1270. The van der Waals surface area contributed by atoms with E-state index in [-0.39, 0.29) is 18.1 Å². The number of thioether (sulfide) groups is 1. The number of nitrogens with one attached hydrogen (secondary N) is 1. The molecule has 2 heterocycles. The molecule has 1 N–H and O–H groups in total. The summed E-state index contributed by atoms with van der Waals surface area (Å²) in [7, 11) is 0. The van der Waals surface area contributed by atoms with Crippen LogP contribution in [0.4, 0.5) is 9.52 Å². The van der Waals surface area contributed by atoms with Gasteiger partial charge in [0, 0.05) is 28.7 Å². The molecular formula is C24H17FN4OS2. The first kappa shape index (κ1) is 21.7. The Morgan fingerprint density at radius 1 is 1.00 bits per heavy atom. The van der Waals surface area contributed by atoms with Crippen molar-refractivity contribution in [2.75, 3.05) is 11.1 Å². The van der Waals surface area contributed by atoms with Gasteiger partial charge in [-0.05, 0) is 36.4 Å². The third-order valence-electron chi connectivity index (χ3n) is 4.51. The molecule has 158 valence electrons. The van der Waals surface area contributed by atoms with E-state index >= 15 is 0 Å². The van der Waals surface area contributed by atoms with Crippen molar-refractivity contribution < 1.29 is 9.18 Å². The molecule has 4 rings (SSSR count). The third kappa shape index (κ3) is 5.38. The molecule has 2 aromatic carbocycles. The minimum absolute atomic E-state index is 0.171. The summed E-state index contributed by atoms with van der Waals surface area (Å²) in [5, 5.41) is 15.1. The molecule has 0 fully saturated rings. The van der Waals surface area contributed by atoms with E-state index in [4.69, 9.17) is 0 Å². The number of rotatable bonds is 7. The zero-order chi connectivity index (χ0) is 22.3. The number of aromatic nitrogens is 2. The molecule has 0 aliphatic carbocycles. The number of halogens is 1. The summed E-state index contributed by atoms with van der Waals surface area (Å²) in [6.07, 6.45) is 0.248. The molecule has 4 aromatic rings. The van der Waals surface area contributed by atoms with Gasteiger partial charge < -0.3 is 5.32 Å². The normalized spacial score (nSPS) is 10.5. The van der Waals surface area contributed by atoms with Crippen molar-refractivity contribution in [3.05, 3.63) is 83.5 Å².